The van der Waals surface area contributed by atoms with Crippen molar-refractivity contribution in [1.29, 1.82) is 0 Å². The molecule has 2 aromatic rings. The maximum Gasteiger partial charge on any atom is 0.317 e. The molecule has 1 aromatic heterocycles. The molecule has 2 aliphatic rings. The second kappa shape index (κ2) is 6.76. The van der Waals surface area contributed by atoms with Crippen molar-refractivity contribution in [2.24, 2.45) is 0 Å². The largest absolute Gasteiger partial charge is 0.336 e. The minimum Gasteiger partial charge on any atom is -0.336 e. The zero-order valence-electron chi connectivity index (χ0n) is 15.5. The Labute approximate surface area is 154 Å². The predicted molar refractivity (Wildman–Crippen MR) is 102 cm³/mol. The monoisotopic (exact) mass is 353 g/mol. The van der Waals surface area contributed by atoms with Crippen LogP contribution in [0.4, 0.5) is 4.79 Å². The van der Waals surface area contributed by atoms with Gasteiger partial charge in [-0.1, -0.05) is 30.3 Å². The number of amides is 2. The lowest BCUT2D eigenvalue weighted by atomic mass is 9.85. The Kier molecular flexibility index (Phi) is 4.44. The molecule has 0 atom stereocenters. The summed E-state index contributed by atoms with van der Waals surface area (Å²) in [6, 6.07) is 10.7. The summed E-state index contributed by atoms with van der Waals surface area (Å²) in [4.78, 5) is 19.0. The highest BCUT2D eigenvalue weighted by Crippen LogP contribution is 2.36. The van der Waals surface area contributed by atoms with Gasteiger partial charge in [0.05, 0.1) is 17.4 Å². The van der Waals surface area contributed by atoms with E-state index in [0.29, 0.717) is 0 Å². The van der Waals surface area contributed by atoms with Gasteiger partial charge in [0.15, 0.2) is 0 Å². The summed E-state index contributed by atoms with van der Waals surface area (Å²) in [5.41, 5.74) is 2.26. The van der Waals surface area contributed by atoms with Gasteiger partial charge < -0.3 is 20.1 Å². The summed E-state index contributed by atoms with van der Waals surface area (Å²) in [5, 5.41) is 6.71. The molecule has 0 radical (unpaired) electrons. The van der Waals surface area contributed by atoms with E-state index in [9.17, 15) is 4.79 Å². The van der Waals surface area contributed by atoms with Crippen LogP contribution < -0.4 is 10.6 Å². The van der Waals surface area contributed by atoms with E-state index >= 15 is 0 Å². The zero-order chi connectivity index (χ0) is 18.1. The van der Waals surface area contributed by atoms with Gasteiger partial charge in [-0.2, -0.15) is 0 Å². The number of carbonyl (C=O) groups excluding carboxylic acids is 1. The van der Waals surface area contributed by atoms with Gasteiger partial charge in [-0.15, -0.1) is 0 Å². The highest BCUT2D eigenvalue weighted by molar-refractivity contribution is 5.74. The molecule has 1 fully saturated rings. The number of fused-ring (bicyclic) bond motifs is 2. The van der Waals surface area contributed by atoms with Gasteiger partial charge >= 0.3 is 6.03 Å². The van der Waals surface area contributed by atoms with Crippen LogP contribution >= 0.6 is 0 Å². The highest BCUT2D eigenvalue weighted by atomic mass is 16.2. The lowest BCUT2D eigenvalue weighted by Crippen LogP contribution is -2.57. The van der Waals surface area contributed by atoms with E-state index in [1.807, 2.05) is 31.0 Å². The molecule has 1 spiro atoms. The smallest absolute Gasteiger partial charge is 0.317 e. The summed E-state index contributed by atoms with van der Waals surface area (Å²) in [6.07, 6.45) is 3.78. The van der Waals surface area contributed by atoms with Gasteiger partial charge in [-0.25, -0.2) is 9.78 Å². The molecule has 4 rings (SSSR count). The van der Waals surface area contributed by atoms with Gasteiger partial charge in [0.25, 0.3) is 0 Å². The number of rotatable bonds is 2. The fraction of sp³-hybridized carbons (Fsp3) is 0.500. The summed E-state index contributed by atoms with van der Waals surface area (Å²) in [7, 11) is 0. The average molecular weight is 353 g/mol. The summed E-state index contributed by atoms with van der Waals surface area (Å²) < 4.78 is 2.36. The van der Waals surface area contributed by atoms with Gasteiger partial charge in [0, 0.05) is 32.2 Å². The number of aromatic nitrogens is 2. The predicted octanol–water partition coefficient (Wildman–Crippen LogP) is 2.56. The molecular formula is C20H27N5O. The van der Waals surface area contributed by atoms with Gasteiger partial charge in [0.1, 0.15) is 5.82 Å². The molecule has 26 heavy (non-hydrogen) atoms. The summed E-state index contributed by atoms with van der Waals surface area (Å²) in [6.45, 7) is 7.35. The maximum atomic E-state index is 12.3. The van der Waals surface area contributed by atoms with Gasteiger partial charge in [-0.05, 0) is 32.3 Å². The van der Waals surface area contributed by atoms with Crippen molar-refractivity contribution < 1.29 is 4.79 Å². The van der Waals surface area contributed by atoms with E-state index < -0.39 is 0 Å². The van der Waals surface area contributed by atoms with Crippen LogP contribution in [-0.4, -0.2) is 46.2 Å². The number of carbonyl (C=O) groups is 1. The van der Waals surface area contributed by atoms with Crippen molar-refractivity contribution in [3.05, 3.63) is 42.4 Å². The van der Waals surface area contributed by atoms with E-state index in [2.05, 4.69) is 39.5 Å². The number of hydrogen-bond donors (Lipinski definition) is 2. The molecule has 3 heterocycles. The third-order valence-corrected chi connectivity index (χ3v) is 5.47. The molecule has 1 aromatic carbocycles. The Morgan fingerprint density at radius 2 is 1.92 bits per heavy atom. The lowest BCUT2D eigenvalue weighted by Gasteiger charge is -2.44. The van der Waals surface area contributed by atoms with Crippen molar-refractivity contribution in [2.75, 3.05) is 19.6 Å². The van der Waals surface area contributed by atoms with Crippen LogP contribution in [0.1, 0.15) is 32.5 Å². The normalized spacial score (nSPS) is 18.8. The van der Waals surface area contributed by atoms with Crippen molar-refractivity contribution in [2.45, 2.75) is 44.8 Å². The number of likely N-dealkylation sites (tertiary alicyclic amines) is 1. The molecule has 2 aliphatic heterocycles. The number of nitrogens with one attached hydrogen (secondary N) is 2. The Bertz CT molecular complexity index is 775. The maximum absolute atomic E-state index is 12.3. The molecule has 0 aliphatic carbocycles. The third kappa shape index (κ3) is 2.98. The first-order valence-electron chi connectivity index (χ1n) is 9.51. The fourth-order valence-electron chi connectivity index (χ4n) is 4.14. The first kappa shape index (κ1) is 17.1. The van der Waals surface area contributed by atoms with Gasteiger partial charge in [0.2, 0.25) is 0 Å². The van der Waals surface area contributed by atoms with Crippen LogP contribution in [0.3, 0.4) is 0 Å². The fourth-order valence-corrected chi connectivity index (χ4v) is 4.14. The standard InChI is InChI=1S/C20H27N5O/c1-15(2)23-19(26)24-11-8-20(9-12-24)18-21-14-17(25(18)13-10-22-20)16-6-4-3-5-7-16/h3-7,14-15,22H,8-13H2,1-2H3,(H,23,26). The first-order valence-corrected chi connectivity index (χ1v) is 9.51. The second-order valence-electron chi connectivity index (χ2n) is 7.58. The molecule has 2 amide bonds. The zero-order valence-corrected chi connectivity index (χ0v) is 15.5. The number of urea groups is 1. The lowest BCUT2D eigenvalue weighted by molar-refractivity contribution is 0.123. The van der Waals surface area contributed by atoms with E-state index in [0.717, 1.165) is 44.8 Å². The molecule has 138 valence electrons. The SMILES string of the molecule is CC(C)NC(=O)N1CCC2(CC1)NCCn1c(-c3ccccc3)cnc12. The Balaban J connectivity index is 1.56. The van der Waals surface area contributed by atoms with Crippen LogP contribution in [0.25, 0.3) is 11.3 Å². The average Bonchev–Trinajstić information content (AvgIpc) is 3.08. The minimum atomic E-state index is -0.125. The van der Waals surface area contributed by atoms with Crippen LogP contribution in [0.5, 0.6) is 0 Å². The van der Waals surface area contributed by atoms with Crippen LogP contribution in [0.15, 0.2) is 36.5 Å². The molecule has 0 saturated carbocycles. The number of hydrogen-bond acceptors (Lipinski definition) is 3. The Morgan fingerprint density at radius 3 is 2.62 bits per heavy atom. The first-order chi connectivity index (χ1) is 12.6. The topological polar surface area (TPSA) is 62.2 Å². The highest BCUT2D eigenvalue weighted by Gasteiger charge is 2.42. The second-order valence-corrected chi connectivity index (χ2v) is 7.58. The van der Waals surface area contributed by atoms with E-state index in [1.54, 1.807) is 0 Å². The van der Waals surface area contributed by atoms with Crippen LogP contribution in [0, 0.1) is 0 Å². The minimum absolute atomic E-state index is 0.0407. The number of nitrogens with zero attached hydrogens (tertiary/aromatic N) is 3. The molecule has 0 bridgehead atoms. The van der Waals surface area contributed by atoms with E-state index in [4.69, 9.17) is 4.98 Å². The molecule has 0 unspecified atom stereocenters. The van der Waals surface area contributed by atoms with Crippen LogP contribution in [-0.2, 0) is 12.1 Å². The molecule has 6 nitrogen and oxygen atoms in total. The molecule has 1 saturated heterocycles. The van der Waals surface area contributed by atoms with Crippen molar-refractivity contribution >= 4 is 6.03 Å². The molecular weight excluding hydrogens is 326 g/mol. The molecule has 2 N–H and O–H groups in total. The van der Waals surface area contributed by atoms with Gasteiger partial charge in [-0.3, -0.25) is 0 Å². The molecule has 6 heteroatoms. The number of benzene rings is 1. The van der Waals surface area contributed by atoms with Crippen molar-refractivity contribution in [1.82, 2.24) is 25.1 Å². The van der Waals surface area contributed by atoms with E-state index in [-0.39, 0.29) is 17.6 Å². The number of piperidine rings is 1. The van der Waals surface area contributed by atoms with Crippen LogP contribution in [0.2, 0.25) is 0 Å². The Hall–Kier alpha value is -2.34. The third-order valence-electron chi connectivity index (χ3n) is 5.47. The van der Waals surface area contributed by atoms with Crippen molar-refractivity contribution in [3.63, 3.8) is 0 Å². The quantitative estimate of drug-likeness (QED) is 0.872. The summed E-state index contributed by atoms with van der Waals surface area (Å²) >= 11 is 0. The van der Waals surface area contributed by atoms with Crippen molar-refractivity contribution in [3.8, 4) is 11.3 Å². The van der Waals surface area contributed by atoms with E-state index in [1.165, 1.54) is 11.3 Å². The number of imidazole rings is 1. The Morgan fingerprint density at radius 1 is 1.19 bits per heavy atom. The summed E-state index contributed by atoms with van der Waals surface area (Å²) in [5.74, 6) is 1.12.